The Balaban J connectivity index is 1.89. The molecule has 1 N–H and O–H groups in total. The van der Waals surface area contributed by atoms with Crippen LogP contribution < -0.4 is 5.32 Å². The molecule has 2 heterocycles. The SMILES string of the molecule is CCCc1nnc(NCc2ccccn2)o1. The summed E-state index contributed by atoms with van der Waals surface area (Å²) >= 11 is 0. The first-order chi connectivity index (χ1) is 7.88. The van der Waals surface area contributed by atoms with E-state index >= 15 is 0 Å². The number of rotatable bonds is 5. The third-order valence-electron chi connectivity index (χ3n) is 2.08. The van der Waals surface area contributed by atoms with Crippen LogP contribution >= 0.6 is 0 Å². The zero-order chi connectivity index (χ0) is 11.2. The highest BCUT2D eigenvalue weighted by molar-refractivity contribution is 5.19. The summed E-state index contributed by atoms with van der Waals surface area (Å²) in [6.45, 7) is 2.67. The van der Waals surface area contributed by atoms with E-state index in [2.05, 4.69) is 27.4 Å². The summed E-state index contributed by atoms with van der Waals surface area (Å²) in [4.78, 5) is 4.18. The van der Waals surface area contributed by atoms with Gasteiger partial charge in [-0.25, -0.2) is 0 Å². The predicted molar refractivity (Wildman–Crippen MR) is 59.9 cm³/mol. The van der Waals surface area contributed by atoms with Gasteiger partial charge in [0.2, 0.25) is 5.89 Å². The Morgan fingerprint density at radius 3 is 3.00 bits per heavy atom. The molecule has 16 heavy (non-hydrogen) atoms. The largest absolute Gasteiger partial charge is 0.408 e. The molecular formula is C11H14N4O. The smallest absolute Gasteiger partial charge is 0.315 e. The zero-order valence-corrected chi connectivity index (χ0v) is 9.18. The highest BCUT2D eigenvalue weighted by Crippen LogP contribution is 2.08. The third kappa shape index (κ3) is 2.79. The van der Waals surface area contributed by atoms with Crippen LogP contribution in [-0.2, 0) is 13.0 Å². The fraction of sp³-hybridized carbons (Fsp3) is 0.364. The third-order valence-corrected chi connectivity index (χ3v) is 2.08. The van der Waals surface area contributed by atoms with Crippen LogP contribution in [0.25, 0.3) is 0 Å². The summed E-state index contributed by atoms with van der Waals surface area (Å²) in [7, 11) is 0. The fourth-order valence-corrected chi connectivity index (χ4v) is 1.31. The highest BCUT2D eigenvalue weighted by atomic mass is 16.4. The van der Waals surface area contributed by atoms with Gasteiger partial charge in [-0.05, 0) is 18.6 Å². The van der Waals surface area contributed by atoms with Crippen molar-refractivity contribution in [2.24, 2.45) is 0 Å². The van der Waals surface area contributed by atoms with Gasteiger partial charge in [-0.3, -0.25) is 4.98 Å². The second kappa shape index (κ2) is 5.25. The molecule has 2 aromatic heterocycles. The van der Waals surface area contributed by atoms with E-state index in [1.165, 1.54) is 0 Å². The monoisotopic (exact) mass is 218 g/mol. The lowest BCUT2D eigenvalue weighted by Crippen LogP contribution is -2.01. The summed E-state index contributed by atoms with van der Waals surface area (Å²) in [5, 5.41) is 10.8. The van der Waals surface area contributed by atoms with Crippen molar-refractivity contribution in [2.75, 3.05) is 5.32 Å². The van der Waals surface area contributed by atoms with Crippen molar-refractivity contribution in [3.63, 3.8) is 0 Å². The Morgan fingerprint density at radius 1 is 1.31 bits per heavy atom. The Morgan fingerprint density at radius 2 is 2.25 bits per heavy atom. The molecule has 0 aliphatic heterocycles. The first-order valence-corrected chi connectivity index (χ1v) is 5.34. The van der Waals surface area contributed by atoms with Crippen LogP contribution in [0.3, 0.4) is 0 Å². The lowest BCUT2D eigenvalue weighted by Gasteiger charge is -1.99. The molecule has 2 rings (SSSR count). The molecule has 5 heteroatoms. The van der Waals surface area contributed by atoms with Gasteiger partial charge in [0.05, 0.1) is 12.2 Å². The van der Waals surface area contributed by atoms with Crippen LogP contribution in [0.5, 0.6) is 0 Å². The van der Waals surface area contributed by atoms with E-state index in [4.69, 9.17) is 4.42 Å². The first kappa shape index (κ1) is 10.6. The molecule has 0 unspecified atom stereocenters. The zero-order valence-electron chi connectivity index (χ0n) is 9.18. The number of aryl methyl sites for hydroxylation is 1. The van der Waals surface area contributed by atoms with Crippen molar-refractivity contribution in [2.45, 2.75) is 26.3 Å². The van der Waals surface area contributed by atoms with Crippen LogP contribution in [0, 0.1) is 0 Å². The normalized spacial score (nSPS) is 10.3. The summed E-state index contributed by atoms with van der Waals surface area (Å²) in [6, 6.07) is 6.22. The minimum Gasteiger partial charge on any atom is -0.408 e. The molecule has 0 bridgehead atoms. The van der Waals surface area contributed by atoms with Gasteiger partial charge >= 0.3 is 6.01 Å². The number of anilines is 1. The van der Waals surface area contributed by atoms with E-state index in [0.717, 1.165) is 18.5 Å². The molecule has 0 aliphatic carbocycles. The number of hydrogen-bond donors (Lipinski definition) is 1. The van der Waals surface area contributed by atoms with Gasteiger partial charge in [-0.15, -0.1) is 5.10 Å². The number of hydrogen-bond acceptors (Lipinski definition) is 5. The molecule has 2 aromatic rings. The van der Waals surface area contributed by atoms with Gasteiger partial charge in [0.15, 0.2) is 0 Å². The molecule has 0 amide bonds. The Kier molecular flexibility index (Phi) is 3.48. The number of nitrogens with one attached hydrogen (secondary N) is 1. The molecular weight excluding hydrogens is 204 g/mol. The Hall–Kier alpha value is -1.91. The standard InChI is InChI=1S/C11H14N4O/c1-2-5-10-14-15-11(16-10)13-8-9-6-3-4-7-12-9/h3-4,6-7H,2,5,8H2,1H3,(H,13,15). The van der Waals surface area contributed by atoms with Crippen LogP contribution in [0.2, 0.25) is 0 Å². The van der Waals surface area contributed by atoms with Gasteiger partial charge in [0.1, 0.15) is 0 Å². The lowest BCUT2D eigenvalue weighted by molar-refractivity contribution is 0.500. The van der Waals surface area contributed by atoms with Crippen molar-refractivity contribution in [1.29, 1.82) is 0 Å². The van der Waals surface area contributed by atoms with Gasteiger partial charge in [-0.1, -0.05) is 18.1 Å². The van der Waals surface area contributed by atoms with Crippen LogP contribution in [0.4, 0.5) is 6.01 Å². The maximum atomic E-state index is 5.38. The van der Waals surface area contributed by atoms with Gasteiger partial charge in [0, 0.05) is 12.6 Å². The molecule has 0 fully saturated rings. The quantitative estimate of drug-likeness (QED) is 0.831. The number of nitrogens with zero attached hydrogens (tertiary/aromatic N) is 3. The first-order valence-electron chi connectivity index (χ1n) is 5.34. The van der Waals surface area contributed by atoms with Crippen molar-refractivity contribution in [3.8, 4) is 0 Å². The van der Waals surface area contributed by atoms with Crippen LogP contribution in [-0.4, -0.2) is 15.2 Å². The molecule has 0 saturated heterocycles. The number of aromatic nitrogens is 3. The highest BCUT2D eigenvalue weighted by Gasteiger charge is 2.04. The summed E-state index contributed by atoms with van der Waals surface area (Å²) < 4.78 is 5.38. The molecule has 0 saturated carbocycles. The summed E-state index contributed by atoms with van der Waals surface area (Å²) in [5.41, 5.74) is 0.942. The van der Waals surface area contributed by atoms with Crippen molar-refractivity contribution < 1.29 is 4.42 Å². The maximum Gasteiger partial charge on any atom is 0.315 e. The fourth-order valence-electron chi connectivity index (χ4n) is 1.31. The molecule has 0 atom stereocenters. The Labute approximate surface area is 93.9 Å². The van der Waals surface area contributed by atoms with E-state index in [1.54, 1.807) is 6.20 Å². The molecule has 0 aliphatic rings. The van der Waals surface area contributed by atoms with E-state index in [0.29, 0.717) is 18.5 Å². The average molecular weight is 218 g/mol. The molecule has 0 spiro atoms. The second-order valence-electron chi connectivity index (χ2n) is 3.43. The molecule has 5 nitrogen and oxygen atoms in total. The van der Waals surface area contributed by atoms with Gasteiger partial charge in [0.25, 0.3) is 0 Å². The summed E-state index contributed by atoms with van der Waals surface area (Å²) in [5.74, 6) is 0.672. The molecule has 84 valence electrons. The average Bonchev–Trinajstić information content (AvgIpc) is 2.76. The van der Waals surface area contributed by atoms with E-state index in [-0.39, 0.29) is 0 Å². The topological polar surface area (TPSA) is 63.8 Å². The molecule has 0 radical (unpaired) electrons. The van der Waals surface area contributed by atoms with E-state index < -0.39 is 0 Å². The minimum absolute atomic E-state index is 0.453. The van der Waals surface area contributed by atoms with Crippen LogP contribution in [0.15, 0.2) is 28.8 Å². The van der Waals surface area contributed by atoms with Crippen molar-refractivity contribution >= 4 is 6.01 Å². The van der Waals surface area contributed by atoms with Crippen LogP contribution in [0.1, 0.15) is 24.9 Å². The summed E-state index contributed by atoms with van der Waals surface area (Å²) in [6.07, 6.45) is 3.58. The minimum atomic E-state index is 0.453. The van der Waals surface area contributed by atoms with E-state index in [9.17, 15) is 0 Å². The lowest BCUT2D eigenvalue weighted by atomic mass is 10.3. The number of pyridine rings is 1. The predicted octanol–water partition coefficient (Wildman–Crippen LogP) is 2.03. The Bertz CT molecular complexity index is 427. The molecule has 0 aromatic carbocycles. The van der Waals surface area contributed by atoms with Gasteiger partial charge < -0.3 is 9.73 Å². The maximum absolute atomic E-state index is 5.38. The van der Waals surface area contributed by atoms with E-state index in [1.807, 2.05) is 18.2 Å². The van der Waals surface area contributed by atoms with Crippen molar-refractivity contribution in [1.82, 2.24) is 15.2 Å². The van der Waals surface area contributed by atoms with Crippen molar-refractivity contribution in [3.05, 3.63) is 36.0 Å². The second-order valence-corrected chi connectivity index (χ2v) is 3.43. The van der Waals surface area contributed by atoms with Gasteiger partial charge in [-0.2, -0.15) is 0 Å².